The highest BCUT2D eigenvalue weighted by atomic mass is 79.9. The Labute approximate surface area is 122 Å². The summed E-state index contributed by atoms with van der Waals surface area (Å²) in [5.74, 6) is -0.0231. The van der Waals surface area contributed by atoms with Crippen molar-refractivity contribution in [1.82, 2.24) is 14.8 Å². The molecule has 0 atom stereocenters. The van der Waals surface area contributed by atoms with Gasteiger partial charge in [-0.15, -0.1) is 0 Å². The molecule has 0 bridgehead atoms. The van der Waals surface area contributed by atoms with E-state index in [0.29, 0.717) is 16.6 Å². The number of hydrogen-bond donors (Lipinski definition) is 0. The molecule has 0 amide bonds. The molecule has 0 spiro atoms. The van der Waals surface area contributed by atoms with Crippen LogP contribution in [0.25, 0.3) is 0 Å². The molecule has 94 valence electrons. The summed E-state index contributed by atoms with van der Waals surface area (Å²) in [5, 5.41) is 4.14. The zero-order valence-electron chi connectivity index (χ0n) is 9.73. The van der Waals surface area contributed by atoms with Gasteiger partial charge in [0, 0.05) is 34.3 Å². The predicted octanol–water partition coefficient (Wildman–Crippen LogP) is 3.25. The Bertz CT molecular complexity index is 580. The molecule has 0 aliphatic carbocycles. The van der Waals surface area contributed by atoms with Crippen LogP contribution in [0.4, 0.5) is 0 Å². The van der Waals surface area contributed by atoms with Gasteiger partial charge in [0.25, 0.3) is 0 Å². The van der Waals surface area contributed by atoms with E-state index >= 15 is 0 Å². The quantitative estimate of drug-likeness (QED) is 0.774. The Morgan fingerprint density at radius 1 is 1.39 bits per heavy atom. The summed E-state index contributed by atoms with van der Waals surface area (Å²) >= 11 is 6.65. The Kier molecular flexibility index (Phi) is 4.29. The average Bonchev–Trinajstić information content (AvgIpc) is 2.76. The third kappa shape index (κ3) is 3.05. The smallest absolute Gasteiger partial charge is 0.186 e. The Balaban J connectivity index is 2.16. The standard InChI is InChI=1S/C12H11Br2N3O/c1-2-17-7-8(5-16-17)3-11(18)12-10(14)4-9(13)6-15-12/h4-7H,2-3H2,1H3. The highest BCUT2D eigenvalue weighted by molar-refractivity contribution is 9.11. The lowest BCUT2D eigenvalue weighted by Gasteiger charge is -2.02. The molecule has 0 aliphatic heterocycles. The van der Waals surface area contributed by atoms with E-state index in [1.165, 1.54) is 0 Å². The van der Waals surface area contributed by atoms with Gasteiger partial charge in [-0.2, -0.15) is 5.10 Å². The molecule has 4 nitrogen and oxygen atoms in total. The largest absolute Gasteiger partial charge is 0.292 e. The van der Waals surface area contributed by atoms with Gasteiger partial charge in [0.05, 0.1) is 6.20 Å². The molecule has 6 heteroatoms. The fourth-order valence-corrected chi connectivity index (χ4v) is 2.77. The van der Waals surface area contributed by atoms with E-state index in [1.807, 2.05) is 19.2 Å². The summed E-state index contributed by atoms with van der Waals surface area (Å²) < 4.78 is 3.33. The lowest BCUT2D eigenvalue weighted by atomic mass is 10.1. The van der Waals surface area contributed by atoms with Gasteiger partial charge in [-0.25, -0.2) is 0 Å². The molecule has 18 heavy (non-hydrogen) atoms. The molecule has 2 aromatic rings. The van der Waals surface area contributed by atoms with Gasteiger partial charge in [0.2, 0.25) is 0 Å². The van der Waals surface area contributed by atoms with Gasteiger partial charge in [-0.1, -0.05) is 0 Å². The van der Waals surface area contributed by atoms with Crippen molar-refractivity contribution in [2.45, 2.75) is 19.9 Å². The van der Waals surface area contributed by atoms with E-state index in [2.05, 4.69) is 41.9 Å². The van der Waals surface area contributed by atoms with Gasteiger partial charge >= 0.3 is 0 Å². The lowest BCUT2D eigenvalue weighted by molar-refractivity contribution is 0.0987. The zero-order chi connectivity index (χ0) is 13.1. The number of pyridine rings is 1. The summed E-state index contributed by atoms with van der Waals surface area (Å²) in [6.45, 7) is 2.81. The summed E-state index contributed by atoms with van der Waals surface area (Å²) in [6.07, 6.45) is 5.53. The van der Waals surface area contributed by atoms with E-state index in [-0.39, 0.29) is 5.78 Å². The monoisotopic (exact) mass is 371 g/mol. The topological polar surface area (TPSA) is 47.8 Å². The van der Waals surface area contributed by atoms with E-state index in [1.54, 1.807) is 17.1 Å². The fraction of sp³-hybridized carbons (Fsp3) is 0.250. The molecule has 2 aromatic heterocycles. The van der Waals surface area contributed by atoms with Crippen LogP contribution in [0.2, 0.25) is 0 Å². The third-order valence-electron chi connectivity index (χ3n) is 2.45. The molecule has 0 aromatic carbocycles. The van der Waals surface area contributed by atoms with E-state index in [4.69, 9.17) is 0 Å². The molecule has 0 N–H and O–H groups in total. The van der Waals surface area contributed by atoms with E-state index < -0.39 is 0 Å². The molecule has 0 fully saturated rings. The van der Waals surface area contributed by atoms with Crippen molar-refractivity contribution in [2.75, 3.05) is 0 Å². The second kappa shape index (κ2) is 5.75. The first-order valence-corrected chi connectivity index (χ1v) is 7.04. The minimum atomic E-state index is -0.0231. The number of hydrogen-bond acceptors (Lipinski definition) is 3. The minimum absolute atomic E-state index is 0.0231. The van der Waals surface area contributed by atoms with Gasteiger partial charge in [0.15, 0.2) is 5.78 Å². The van der Waals surface area contributed by atoms with Gasteiger partial charge in [-0.05, 0) is 50.4 Å². The number of aryl methyl sites for hydroxylation is 1. The van der Waals surface area contributed by atoms with E-state index in [9.17, 15) is 4.79 Å². The van der Waals surface area contributed by atoms with Crippen molar-refractivity contribution in [3.8, 4) is 0 Å². The van der Waals surface area contributed by atoms with Crippen LogP contribution < -0.4 is 0 Å². The maximum Gasteiger partial charge on any atom is 0.186 e. The summed E-state index contributed by atoms with van der Waals surface area (Å²) in [6, 6.07) is 1.82. The fourth-order valence-electron chi connectivity index (χ4n) is 1.56. The molecular weight excluding hydrogens is 362 g/mol. The number of carbonyl (C=O) groups is 1. The zero-order valence-corrected chi connectivity index (χ0v) is 12.9. The summed E-state index contributed by atoms with van der Waals surface area (Å²) in [4.78, 5) is 16.2. The molecule has 0 aliphatic rings. The molecular formula is C12H11Br2N3O. The van der Waals surface area contributed by atoms with Crippen LogP contribution in [0.5, 0.6) is 0 Å². The first kappa shape index (κ1) is 13.4. The minimum Gasteiger partial charge on any atom is -0.292 e. The van der Waals surface area contributed by atoms with Crippen LogP contribution in [0.1, 0.15) is 23.0 Å². The number of ketones is 1. The number of Topliss-reactive ketones (excluding diaryl/α,β-unsaturated/α-hetero) is 1. The van der Waals surface area contributed by atoms with Crippen LogP contribution in [-0.4, -0.2) is 20.5 Å². The molecule has 2 heterocycles. The summed E-state index contributed by atoms with van der Waals surface area (Å²) in [5.41, 5.74) is 1.35. The molecule has 0 saturated carbocycles. The SMILES string of the molecule is CCn1cc(CC(=O)c2ncc(Br)cc2Br)cn1. The Hall–Kier alpha value is -1.01. The lowest BCUT2D eigenvalue weighted by Crippen LogP contribution is -2.06. The Morgan fingerprint density at radius 2 is 2.17 bits per heavy atom. The maximum absolute atomic E-state index is 12.1. The predicted molar refractivity (Wildman–Crippen MR) is 75.6 cm³/mol. The van der Waals surface area contributed by atoms with Crippen LogP contribution in [0.3, 0.4) is 0 Å². The number of aromatic nitrogens is 3. The highest BCUT2D eigenvalue weighted by Gasteiger charge is 2.13. The normalized spacial score (nSPS) is 10.6. The second-order valence-corrected chi connectivity index (χ2v) is 5.56. The van der Waals surface area contributed by atoms with Crippen molar-refractivity contribution in [1.29, 1.82) is 0 Å². The van der Waals surface area contributed by atoms with Crippen molar-refractivity contribution in [3.05, 3.63) is 44.9 Å². The Morgan fingerprint density at radius 3 is 2.78 bits per heavy atom. The number of halogens is 2. The summed E-state index contributed by atoms with van der Waals surface area (Å²) in [7, 11) is 0. The highest BCUT2D eigenvalue weighted by Crippen LogP contribution is 2.20. The first-order chi connectivity index (χ1) is 8.60. The first-order valence-electron chi connectivity index (χ1n) is 5.45. The molecule has 0 radical (unpaired) electrons. The van der Waals surface area contributed by atoms with E-state index in [0.717, 1.165) is 16.6 Å². The van der Waals surface area contributed by atoms with Gasteiger partial charge < -0.3 is 0 Å². The second-order valence-electron chi connectivity index (χ2n) is 3.79. The van der Waals surface area contributed by atoms with Crippen molar-refractivity contribution >= 4 is 37.6 Å². The van der Waals surface area contributed by atoms with Crippen LogP contribution >= 0.6 is 31.9 Å². The van der Waals surface area contributed by atoms with Gasteiger partial charge in [0.1, 0.15) is 5.69 Å². The average molecular weight is 373 g/mol. The van der Waals surface area contributed by atoms with Crippen LogP contribution in [-0.2, 0) is 13.0 Å². The number of nitrogens with zero attached hydrogens (tertiary/aromatic N) is 3. The van der Waals surface area contributed by atoms with Crippen molar-refractivity contribution < 1.29 is 4.79 Å². The van der Waals surface area contributed by atoms with Crippen LogP contribution in [0.15, 0.2) is 33.6 Å². The number of carbonyl (C=O) groups excluding carboxylic acids is 1. The van der Waals surface area contributed by atoms with Crippen molar-refractivity contribution in [3.63, 3.8) is 0 Å². The van der Waals surface area contributed by atoms with Gasteiger partial charge in [-0.3, -0.25) is 14.5 Å². The molecule has 0 saturated heterocycles. The third-order valence-corrected chi connectivity index (χ3v) is 3.49. The van der Waals surface area contributed by atoms with Crippen LogP contribution in [0, 0.1) is 0 Å². The molecule has 0 unspecified atom stereocenters. The van der Waals surface area contributed by atoms with Crippen molar-refractivity contribution in [2.24, 2.45) is 0 Å². The maximum atomic E-state index is 12.1. The number of rotatable bonds is 4. The molecule has 2 rings (SSSR count).